The number of fused-ring (bicyclic) bond motifs is 1. The summed E-state index contributed by atoms with van der Waals surface area (Å²) in [7, 11) is 1.63. The second-order valence-corrected chi connectivity index (χ2v) is 14.2. The molecule has 3 N–H and O–H groups in total. The first-order valence-corrected chi connectivity index (χ1v) is 13.2. The van der Waals surface area contributed by atoms with Crippen LogP contribution in [0.5, 0.6) is 0 Å². The fourth-order valence-electron chi connectivity index (χ4n) is 6.87. The summed E-state index contributed by atoms with van der Waals surface area (Å²) < 4.78 is -0.898. The molecule has 2 unspecified atom stereocenters. The highest BCUT2D eigenvalue weighted by atomic mass is 32.2. The van der Waals surface area contributed by atoms with Crippen LogP contribution in [0.25, 0.3) is 0 Å². The zero-order valence-corrected chi connectivity index (χ0v) is 22.2. The van der Waals surface area contributed by atoms with Crippen molar-refractivity contribution in [2.24, 2.45) is 17.3 Å². The van der Waals surface area contributed by atoms with Gasteiger partial charge in [-0.05, 0) is 64.7 Å². The van der Waals surface area contributed by atoms with Gasteiger partial charge in [-0.25, -0.2) is 0 Å². The van der Waals surface area contributed by atoms with Gasteiger partial charge in [-0.3, -0.25) is 14.4 Å². The zero-order valence-electron chi connectivity index (χ0n) is 21.4. The maximum atomic E-state index is 13.9. The van der Waals surface area contributed by atoms with Crippen LogP contribution < -0.4 is 10.6 Å². The highest BCUT2D eigenvalue weighted by Crippen LogP contribution is 2.71. The third kappa shape index (κ3) is 4.79. The molecule has 7 nitrogen and oxygen atoms in total. The Morgan fingerprint density at radius 1 is 1.12 bits per heavy atom. The van der Waals surface area contributed by atoms with Gasteiger partial charge in [-0.2, -0.15) is 0 Å². The van der Waals surface area contributed by atoms with Crippen molar-refractivity contribution in [1.82, 2.24) is 15.5 Å². The molecule has 188 valence electrons. The Morgan fingerprint density at radius 3 is 2.36 bits per heavy atom. The van der Waals surface area contributed by atoms with Gasteiger partial charge >= 0.3 is 0 Å². The van der Waals surface area contributed by atoms with Gasteiger partial charge in [0, 0.05) is 30.5 Å². The molecule has 0 saturated carbocycles. The molecule has 1 spiro atoms. The van der Waals surface area contributed by atoms with Crippen LogP contribution in [0.1, 0.15) is 80.1 Å². The molecule has 3 rings (SSSR count). The van der Waals surface area contributed by atoms with E-state index in [1.165, 1.54) is 0 Å². The first-order chi connectivity index (χ1) is 15.2. The van der Waals surface area contributed by atoms with Crippen molar-refractivity contribution < 1.29 is 19.5 Å². The van der Waals surface area contributed by atoms with Crippen molar-refractivity contribution in [1.29, 1.82) is 0 Å². The summed E-state index contributed by atoms with van der Waals surface area (Å²) in [5, 5.41) is 15.2. The Bertz CT molecular complexity index is 795. The molecule has 5 atom stereocenters. The van der Waals surface area contributed by atoms with Gasteiger partial charge in [0.2, 0.25) is 17.7 Å². The lowest BCUT2D eigenvalue weighted by atomic mass is 9.66. The van der Waals surface area contributed by atoms with Crippen LogP contribution in [0.4, 0.5) is 0 Å². The summed E-state index contributed by atoms with van der Waals surface area (Å²) >= 11 is 1.71. The fraction of sp³-hybridized carbons (Fsp3) is 0.880. The maximum Gasteiger partial charge on any atom is 0.244 e. The van der Waals surface area contributed by atoms with Crippen LogP contribution in [0.2, 0.25) is 0 Å². The summed E-state index contributed by atoms with van der Waals surface area (Å²) in [5.41, 5.74) is -0.369. The number of amides is 3. The third-order valence-corrected chi connectivity index (χ3v) is 9.53. The quantitative estimate of drug-likeness (QED) is 0.440. The van der Waals surface area contributed by atoms with E-state index in [1.54, 1.807) is 23.7 Å². The number of carbonyl (C=O) groups excluding carboxylic acids is 3. The van der Waals surface area contributed by atoms with Crippen molar-refractivity contribution in [2.75, 3.05) is 20.2 Å². The molecule has 0 aromatic rings. The SMILES string of the molecule is CNC(=O)[C@H]1[C@H]2C(=O)N(CCCCCO)C(C(=O)NC(C)(C)CC(C)(C)C)C23CC[C@]1(C)S3. The molecule has 3 heterocycles. The molecule has 3 fully saturated rings. The van der Waals surface area contributed by atoms with Crippen molar-refractivity contribution >= 4 is 29.5 Å². The van der Waals surface area contributed by atoms with Crippen LogP contribution in [0.15, 0.2) is 0 Å². The summed E-state index contributed by atoms with van der Waals surface area (Å²) in [6.45, 7) is 13.2. The number of aliphatic hydroxyl groups excluding tert-OH is 1. The molecule has 0 aliphatic carbocycles. The summed E-state index contributed by atoms with van der Waals surface area (Å²) in [6, 6.07) is -0.579. The van der Waals surface area contributed by atoms with Crippen molar-refractivity contribution in [2.45, 2.75) is 101 Å². The summed E-state index contributed by atoms with van der Waals surface area (Å²) in [4.78, 5) is 42.4. The molecular formula is C25H43N3O4S. The molecule has 0 radical (unpaired) electrons. The van der Waals surface area contributed by atoms with E-state index in [-0.39, 0.29) is 34.5 Å². The molecule has 3 aliphatic rings. The Balaban J connectivity index is 1.95. The molecule has 0 aromatic carbocycles. The van der Waals surface area contributed by atoms with E-state index >= 15 is 0 Å². The molecular weight excluding hydrogens is 438 g/mol. The van der Waals surface area contributed by atoms with Crippen molar-refractivity contribution in [3.05, 3.63) is 0 Å². The lowest BCUT2D eigenvalue weighted by molar-refractivity contribution is -0.140. The second-order valence-electron chi connectivity index (χ2n) is 12.3. The number of hydrogen-bond donors (Lipinski definition) is 3. The average molecular weight is 482 g/mol. The largest absolute Gasteiger partial charge is 0.396 e. The van der Waals surface area contributed by atoms with E-state index in [2.05, 4.69) is 38.3 Å². The Hall–Kier alpha value is -1.28. The lowest BCUT2D eigenvalue weighted by Crippen LogP contribution is -2.58. The van der Waals surface area contributed by atoms with Gasteiger partial charge in [0.05, 0.1) is 16.6 Å². The molecule has 2 bridgehead atoms. The van der Waals surface area contributed by atoms with Crippen LogP contribution in [-0.2, 0) is 14.4 Å². The van der Waals surface area contributed by atoms with Gasteiger partial charge < -0.3 is 20.6 Å². The number of carbonyl (C=O) groups is 3. The Labute approximate surface area is 203 Å². The number of nitrogens with one attached hydrogen (secondary N) is 2. The topological polar surface area (TPSA) is 98.7 Å². The van der Waals surface area contributed by atoms with Gasteiger partial charge in [0.25, 0.3) is 0 Å². The van der Waals surface area contributed by atoms with Gasteiger partial charge in [0.15, 0.2) is 0 Å². The monoisotopic (exact) mass is 481 g/mol. The molecule has 3 amide bonds. The minimum atomic E-state index is -0.579. The number of likely N-dealkylation sites (tertiary alicyclic amines) is 1. The third-order valence-electron chi connectivity index (χ3n) is 7.54. The zero-order chi connectivity index (χ0) is 24.8. The number of unbranched alkanes of at least 4 members (excludes halogenated alkanes) is 2. The predicted molar refractivity (Wildman–Crippen MR) is 132 cm³/mol. The highest BCUT2D eigenvalue weighted by Gasteiger charge is 2.77. The standard InChI is InChI=1S/C25H43N3O4S/c1-22(2,3)15-23(4,5)27-20(31)18-25-12-11-24(6,33-25)16(19(30)26-7)17(25)21(32)28(18)13-9-8-10-14-29/h16-18,29H,8-15H2,1-7H3,(H,26,30)(H,27,31)/t16-,17+,18?,24+,25?/m1/s1. The van der Waals surface area contributed by atoms with E-state index in [0.717, 1.165) is 32.1 Å². The number of aliphatic hydroxyl groups is 1. The van der Waals surface area contributed by atoms with E-state index in [1.807, 2.05) is 13.8 Å². The summed E-state index contributed by atoms with van der Waals surface area (Å²) in [5.74, 6) is -1.15. The Morgan fingerprint density at radius 2 is 1.79 bits per heavy atom. The maximum absolute atomic E-state index is 13.9. The fourth-order valence-corrected chi connectivity index (χ4v) is 9.22. The van der Waals surface area contributed by atoms with Crippen LogP contribution in [-0.4, -0.2) is 69.0 Å². The normalized spacial score (nSPS) is 33.4. The van der Waals surface area contributed by atoms with Crippen molar-refractivity contribution in [3.63, 3.8) is 0 Å². The van der Waals surface area contributed by atoms with Gasteiger partial charge in [-0.1, -0.05) is 20.8 Å². The number of thioether (sulfide) groups is 1. The lowest BCUT2D eigenvalue weighted by Gasteiger charge is -2.38. The van der Waals surface area contributed by atoms with E-state index in [0.29, 0.717) is 13.0 Å². The van der Waals surface area contributed by atoms with E-state index in [9.17, 15) is 14.4 Å². The van der Waals surface area contributed by atoms with Crippen LogP contribution >= 0.6 is 11.8 Å². The average Bonchev–Trinajstić information content (AvgIpc) is 3.23. The Kier molecular flexibility index (Phi) is 7.23. The molecule has 3 saturated heterocycles. The number of hydrogen-bond acceptors (Lipinski definition) is 5. The number of nitrogens with zero attached hydrogens (tertiary/aromatic N) is 1. The first-order valence-electron chi connectivity index (χ1n) is 12.4. The molecule has 0 aromatic heterocycles. The molecule has 3 aliphatic heterocycles. The first kappa shape index (κ1) is 26.3. The minimum absolute atomic E-state index is 0.0471. The predicted octanol–water partition coefficient (Wildman–Crippen LogP) is 2.71. The van der Waals surface area contributed by atoms with E-state index in [4.69, 9.17) is 5.11 Å². The second kappa shape index (κ2) is 9.06. The van der Waals surface area contributed by atoms with Crippen molar-refractivity contribution in [3.8, 4) is 0 Å². The number of rotatable bonds is 9. The van der Waals surface area contributed by atoms with Crippen LogP contribution in [0, 0.1) is 17.3 Å². The van der Waals surface area contributed by atoms with E-state index < -0.39 is 28.2 Å². The van der Waals surface area contributed by atoms with Gasteiger partial charge in [-0.15, -0.1) is 11.8 Å². The summed E-state index contributed by atoms with van der Waals surface area (Å²) in [6.07, 6.45) is 4.61. The van der Waals surface area contributed by atoms with Crippen LogP contribution in [0.3, 0.4) is 0 Å². The smallest absolute Gasteiger partial charge is 0.244 e. The molecule has 8 heteroatoms. The highest BCUT2D eigenvalue weighted by molar-refractivity contribution is 8.02. The minimum Gasteiger partial charge on any atom is -0.396 e. The van der Waals surface area contributed by atoms with Gasteiger partial charge in [0.1, 0.15) is 6.04 Å². The molecule has 33 heavy (non-hydrogen) atoms.